The van der Waals surface area contributed by atoms with Crippen LogP contribution in [0.25, 0.3) is 11.2 Å². The van der Waals surface area contributed by atoms with Crippen molar-refractivity contribution in [3.63, 3.8) is 0 Å². The molecule has 0 aliphatic carbocycles. The van der Waals surface area contributed by atoms with Crippen molar-refractivity contribution < 1.29 is 18.0 Å². The third kappa shape index (κ3) is 4.71. The minimum Gasteiger partial charge on any atom is -0.315 e. The zero-order chi connectivity index (χ0) is 25.3. The highest BCUT2D eigenvalue weighted by molar-refractivity contribution is 7.94. The van der Waals surface area contributed by atoms with Gasteiger partial charge in [0.25, 0.3) is 27.4 Å². The number of imidazole rings is 1. The van der Waals surface area contributed by atoms with Gasteiger partial charge in [-0.25, -0.2) is 18.2 Å². The molecule has 35 heavy (non-hydrogen) atoms. The maximum absolute atomic E-state index is 12.4. The largest absolute Gasteiger partial charge is 0.332 e. The van der Waals surface area contributed by atoms with Gasteiger partial charge in [0.2, 0.25) is 0 Å². The fourth-order valence-electron chi connectivity index (χ4n) is 3.22. The van der Waals surface area contributed by atoms with Gasteiger partial charge in [-0.15, -0.1) is 11.3 Å². The Morgan fingerprint density at radius 2 is 1.74 bits per heavy atom. The van der Waals surface area contributed by atoms with Crippen LogP contribution in [0.5, 0.6) is 0 Å². The summed E-state index contributed by atoms with van der Waals surface area (Å²) in [5, 5.41) is 1.65. The zero-order valence-corrected chi connectivity index (χ0v) is 20.0. The minimum absolute atomic E-state index is 0.0664. The molecule has 1 aromatic carbocycles. The van der Waals surface area contributed by atoms with Gasteiger partial charge in [0.1, 0.15) is 10.8 Å². The summed E-state index contributed by atoms with van der Waals surface area (Å²) in [6.45, 7) is -0.340. The molecule has 3 heterocycles. The van der Waals surface area contributed by atoms with Crippen LogP contribution >= 0.6 is 11.3 Å². The van der Waals surface area contributed by atoms with E-state index in [9.17, 15) is 27.6 Å². The number of hydrogen-bond acceptors (Lipinski definition) is 8. The number of nitrogens with one attached hydrogen (secondary N) is 3. The van der Waals surface area contributed by atoms with Crippen LogP contribution in [0.15, 0.2) is 61.9 Å². The number of fused-ring (bicyclic) bond motifs is 1. The third-order valence-corrected chi connectivity index (χ3v) is 7.78. The maximum Gasteiger partial charge on any atom is 0.332 e. The summed E-state index contributed by atoms with van der Waals surface area (Å²) in [6, 6.07) is 8.71. The predicted octanol–water partition coefficient (Wildman–Crippen LogP) is -0.243. The lowest BCUT2D eigenvalue weighted by molar-refractivity contribution is -0.122. The number of thiophene rings is 1. The summed E-state index contributed by atoms with van der Waals surface area (Å²) >= 11 is 1.08. The molecule has 13 nitrogen and oxygen atoms in total. The highest BCUT2D eigenvalue weighted by atomic mass is 32.2. The molecule has 0 saturated heterocycles. The van der Waals surface area contributed by atoms with Gasteiger partial charge in [0, 0.05) is 25.3 Å². The Morgan fingerprint density at radius 3 is 2.40 bits per heavy atom. The molecule has 0 fully saturated rings. The second kappa shape index (κ2) is 9.19. The molecular formula is C20H19N7O6S2. The fourth-order valence-corrected chi connectivity index (χ4v) is 5.27. The van der Waals surface area contributed by atoms with E-state index in [4.69, 9.17) is 0 Å². The lowest BCUT2D eigenvalue weighted by Crippen LogP contribution is -2.43. The molecule has 182 valence electrons. The van der Waals surface area contributed by atoms with E-state index in [0.29, 0.717) is 0 Å². The standard InChI is InChI=1S/C20H19N7O6S2/c1-25-17-16(19(30)26(2)20(25)31)27(11-21-17)10-14(28)22-23-18(29)12-5-7-13(8-6-12)24-35(32,33)15-4-3-9-34-15/h3-9,11,24H,10H2,1-2H3,(H,22,28)(H,23,29). The van der Waals surface area contributed by atoms with Gasteiger partial charge in [-0.3, -0.25) is 39.1 Å². The van der Waals surface area contributed by atoms with Gasteiger partial charge in [-0.2, -0.15) is 0 Å². The molecule has 0 spiro atoms. The smallest absolute Gasteiger partial charge is 0.315 e. The normalized spacial score (nSPS) is 11.4. The quantitative estimate of drug-likeness (QED) is 0.297. The fraction of sp³-hybridized carbons (Fsp3) is 0.150. The summed E-state index contributed by atoms with van der Waals surface area (Å²) in [6.07, 6.45) is 1.25. The monoisotopic (exact) mass is 517 g/mol. The number of sulfonamides is 1. The van der Waals surface area contributed by atoms with Crippen molar-refractivity contribution in [2.45, 2.75) is 10.8 Å². The molecule has 0 aliphatic rings. The van der Waals surface area contributed by atoms with E-state index in [-0.39, 0.29) is 33.2 Å². The Hall–Kier alpha value is -4.24. The topological polar surface area (TPSA) is 166 Å². The number of aromatic nitrogens is 4. The summed E-state index contributed by atoms with van der Waals surface area (Å²) < 4.78 is 30.5. The number of rotatable bonds is 6. The first kappa shape index (κ1) is 23.9. The second-order valence-corrected chi connectivity index (χ2v) is 10.2. The number of nitrogens with zero attached hydrogens (tertiary/aromatic N) is 4. The van der Waals surface area contributed by atoms with Crippen molar-refractivity contribution >= 4 is 50.0 Å². The van der Waals surface area contributed by atoms with Crippen molar-refractivity contribution in [2.24, 2.45) is 14.1 Å². The molecule has 3 N–H and O–H groups in total. The number of aryl methyl sites for hydroxylation is 1. The highest BCUT2D eigenvalue weighted by Gasteiger charge is 2.17. The molecule has 3 aromatic heterocycles. The molecule has 0 atom stereocenters. The van der Waals surface area contributed by atoms with Crippen molar-refractivity contribution in [1.29, 1.82) is 0 Å². The van der Waals surface area contributed by atoms with Crippen LogP contribution in [0.1, 0.15) is 10.4 Å². The Balaban J connectivity index is 1.39. The number of anilines is 1. The van der Waals surface area contributed by atoms with Gasteiger partial charge in [-0.1, -0.05) is 6.07 Å². The summed E-state index contributed by atoms with van der Waals surface area (Å²) in [5.74, 6) is -1.28. The lowest BCUT2D eigenvalue weighted by Gasteiger charge is -2.10. The van der Waals surface area contributed by atoms with Crippen molar-refractivity contribution in [3.8, 4) is 0 Å². The Morgan fingerprint density at radius 1 is 1.03 bits per heavy atom. The van der Waals surface area contributed by atoms with Crippen molar-refractivity contribution in [3.05, 3.63) is 74.5 Å². The molecule has 4 rings (SSSR count). The Labute approximate surface area is 201 Å². The number of amides is 2. The number of benzene rings is 1. The van der Waals surface area contributed by atoms with Crippen LogP contribution in [-0.2, 0) is 35.5 Å². The van der Waals surface area contributed by atoms with E-state index >= 15 is 0 Å². The second-order valence-electron chi connectivity index (χ2n) is 7.37. The van der Waals surface area contributed by atoms with E-state index in [1.807, 2.05) is 0 Å². The van der Waals surface area contributed by atoms with Crippen LogP contribution in [0.3, 0.4) is 0 Å². The van der Waals surface area contributed by atoms with Crippen LogP contribution < -0.4 is 26.8 Å². The van der Waals surface area contributed by atoms with Gasteiger partial charge in [-0.05, 0) is 35.7 Å². The highest BCUT2D eigenvalue weighted by Crippen LogP contribution is 2.20. The van der Waals surface area contributed by atoms with E-state index in [1.54, 1.807) is 11.4 Å². The summed E-state index contributed by atoms with van der Waals surface area (Å²) in [5.41, 5.74) is 3.97. The predicted molar refractivity (Wildman–Crippen MR) is 127 cm³/mol. The maximum atomic E-state index is 12.4. The first-order valence-corrected chi connectivity index (χ1v) is 12.3. The minimum atomic E-state index is -3.72. The average molecular weight is 518 g/mol. The molecule has 0 saturated carbocycles. The van der Waals surface area contributed by atoms with Crippen LogP contribution in [0, 0.1) is 0 Å². The Kier molecular flexibility index (Phi) is 6.27. The molecule has 0 aliphatic heterocycles. The Bertz CT molecular complexity index is 1650. The van der Waals surface area contributed by atoms with Crippen molar-refractivity contribution in [2.75, 3.05) is 4.72 Å². The molecule has 0 unspecified atom stereocenters. The molecular weight excluding hydrogens is 498 g/mol. The summed E-state index contributed by atoms with van der Waals surface area (Å²) in [7, 11) is -0.937. The van der Waals surface area contributed by atoms with E-state index in [0.717, 1.165) is 15.9 Å². The molecule has 4 aromatic rings. The molecule has 0 radical (unpaired) electrons. The third-order valence-electron chi connectivity index (χ3n) is 5.01. The van der Waals surface area contributed by atoms with Gasteiger partial charge >= 0.3 is 5.69 Å². The number of carbonyl (C=O) groups is 2. The number of hydrazine groups is 1. The zero-order valence-electron chi connectivity index (χ0n) is 18.4. The van der Waals surface area contributed by atoms with Crippen molar-refractivity contribution in [1.82, 2.24) is 29.5 Å². The van der Waals surface area contributed by atoms with Crippen LogP contribution in [-0.4, -0.2) is 38.9 Å². The van der Waals surface area contributed by atoms with E-state index < -0.39 is 33.1 Å². The first-order chi connectivity index (χ1) is 16.6. The summed E-state index contributed by atoms with van der Waals surface area (Å²) in [4.78, 5) is 53.2. The van der Waals surface area contributed by atoms with E-state index in [1.165, 1.54) is 59.9 Å². The first-order valence-electron chi connectivity index (χ1n) is 9.95. The van der Waals surface area contributed by atoms with Gasteiger partial charge in [0.15, 0.2) is 11.2 Å². The molecule has 2 amide bonds. The SMILES string of the molecule is Cn1c(=O)c2c(ncn2CC(=O)NNC(=O)c2ccc(NS(=O)(=O)c3cccs3)cc2)n(C)c1=O. The van der Waals surface area contributed by atoms with Crippen LogP contribution in [0.4, 0.5) is 5.69 Å². The van der Waals surface area contributed by atoms with E-state index in [2.05, 4.69) is 20.6 Å². The van der Waals surface area contributed by atoms with Gasteiger partial charge < -0.3 is 4.57 Å². The average Bonchev–Trinajstić information content (AvgIpc) is 3.51. The number of carbonyl (C=O) groups excluding carboxylic acids is 2. The van der Waals surface area contributed by atoms with Gasteiger partial charge in [0.05, 0.1) is 6.33 Å². The lowest BCUT2D eigenvalue weighted by atomic mass is 10.2. The van der Waals surface area contributed by atoms with Crippen LogP contribution in [0.2, 0.25) is 0 Å². The molecule has 0 bridgehead atoms. The molecule has 15 heteroatoms. The number of hydrogen-bond donors (Lipinski definition) is 3.